The van der Waals surface area contributed by atoms with Crippen molar-refractivity contribution in [3.8, 4) is 0 Å². The van der Waals surface area contributed by atoms with Gasteiger partial charge in [0.25, 0.3) is 0 Å². The molecule has 0 aliphatic heterocycles. The lowest BCUT2D eigenvalue weighted by Gasteiger charge is -2.01. The highest BCUT2D eigenvalue weighted by Gasteiger charge is 2.14. The van der Waals surface area contributed by atoms with E-state index in [4.69, 9.17) is 21.8 Å². The Hall–Kier alpha value is -1.26. The van der Waals surface area contributed by atoms with Gasteiger partial charge in [0.2, 0.25) is 5.78 Å². The number of hydrogen-bond donors (Lipinski definition) is 1. The van der Waals surface area contributed by atoms with E-state index in [-0.39, 0.29) is 11.5 Å². The third-order valence-electron chi connectivity index (χ3n) is 2.06. The third-order valence-corrected chi connectivity index (χ3v) is 2.81. The summed E-state index contributed by atoms with van der Waals surface area (Å²) in [5.41, 5.74) is 6.45. The van der Waals surface area contributed by atoms with Crippen LogP contribution in [-0.2, 0) is 0 Å². The number of hydrogen-bond acceptors (Lipinski definition) is 3. The molecule has 0 aliphatic carbocycles. The normalized spacial score (nSPS) is 10.4. The summed E-state index contributed by atoms with van der Waals surface area (Å²) in [6, 6.07) is 7.98. The second kappa shape index (κ2) is 4.31. The van der Waals surface area contributed by atoms with E-state index in [9.17, 15) is 4.79 Å². The van der Waals surface area contributed by atoms with Gasteiger partial charge in [-0.25, -0.2) is 0 Å². The maximum atomic E-state index is 11.9. The molecule has 2 N–H and O–H groups in total. The van der Waals surface area contributed by atoms with E-state index in [0.717, 1.165) is 0 Å². The quantitative estimate of drug-likeness (QED) is 0.682. The summed E-state index contributed by atoms with van der Waals surface area (Å²) in [7, 11) is 0. The van der Waals surface area contributed by atoms with Gasteiger partial charge in [-0.15, -0.1) is 0 Å². The first kappa shape index (κ1) is 11.2. The van der Waals surface area contributed by atoms with Crippen molar-refractivity contribution < 1.29 is 9.21 Å². The fraction of sp³-hybridized carbons (Fsp3) is 0. The molecule has 0 fully saturated rings. The Kier molecular flexibility index (Phi) is 3.03. The Morgan fingerprint density at radius 2 is 2.06 bits per heavy atom. The molecule has 2 rings (SSSR count). The van der Waals surface area contributed by atoms with E-state index in [0.29, 0.717) is 20.9 Å². The van der Waals surface area contributed by atoms with Crippen LogP contribution in [-0.4, -0.2) is 5.78 Å². The standard InChI is InChI=1S/C11H7BrClNO2/c12-10-4-3-9(16-10)11(15)6-1-2-8(14)7(13)5-6/h1-5H,14H2. The van der Waals surface area contributed by atoms with Crippen molar-refractivity contribution in [3.63, 3.8) is 0 Å². The number of ketones is 1. The van der Waals surface area contributed by atoms with Gasteiger partial charge in [-0.2, -0.15) is 0 Å². The molecule has 0 aliphatic rings. The predicted octanol–water partition coefficient (Wildman–Crippen LogP) is 3.51. The first-order valence-electron chi connectivity index (χ1n) is 4.43. The van der Waals surface area contributed by atoms with Gasteiger partial charge in [-0.3, -0.25) is 4.79 Å². The Morgan fingerprint density at radius 3 is 2.62 bits per heavy atom. The fourth-order valence-electron chi connectivity index (χ4n) is 1.25. The van der Waals surface area contributed by atoms with Gasteiger partial charge in [0.15, 0.2) is 10.4 Å². The van der Waals surface area contributed by atoms with Gasteiger partial charge < -0.3 is 10.2 Å². The Bertz CT molecular complexity index is 551. The number of furan rings is 1. The minimum atomic E-state index is -0.229. The van der Waals surface area contributed by atoms with E-state index < -0.39 is 0 Å². The predicted molar refractivity (Wildman–Crippen MR) is 65.7 cm³/mol. The molecule has 0 amide bonds. The number of rotatable bonds is 2. The van der Waals surface area contributed by atoms with Crippen molar-refractivity contribution in [2.75, 3.05) is 5.73 Å². The lowest BCUT2D eigenvalue weighted by atomic mass is 10.1. The molecular formula is C11H7BrClNO2. The third kappa shape index (κ3) is 2.13. The molecule has 1 heterocycles. The molecule has 1 aromatic carbocycles. The van der Waals surface area contributed by atoms with Crippen LogP contribution < -0.4 is 5.73 Å². The molecule has 0 unspecified atom stereocenters. The molecule has 0 saturated carbocycles. The van der Waals surface area contributed by atoms with Crippen molar-refractivity contribution in [2.24, 2.45) is 0 Å². The Morgan fingerprint density at radius 1 is 1.31 bits per heavy atom. The first-order valence-corrected chi connectivity index (χ1v) is 5.60. The van der Waals surface area contributed by atoms with Crippen LogP contribution in [0.2, 0.25) is 5.02 Å². The minimum Gasteiger partial charge on any atom is -0.446 e. The zero-order valence-electron chi connectivity index (χ0n) is 8.04. The topological polar surface area (TPSA) is 56.2 Å². The maximum Gasteiger partial charge on any atom is 0.228 e. The molecule has 3 nitrogen and oxygen atoms in total. The fourth-order valence-corrected chi connectivity index (χ4v) is 1.73. The molecule has 2 aromatic rings. The molecule has 82 valence electrons. The first-order chi connectivity index (χ1) is 7.58. The average molecular weight is 301 g/mol. The number of carbonyl (C=O) groups excluding carboxylic acids is 1. The smallest absolute Gasteiger partial charge is 0.228 e. The van der Waals surface area contributed by atoms with Crippen LogP contribution in [0, 0.1) is 0 Å². The Labute approximate surface area is 105 Å². The number of nitrogen functional groups attached to an aromatic ring is 1. The second-order valence-corrected chi connectivity index (χ2v) is 4.36. The van der Waals surface area contributed by atoms with E-state index in [1.165, 1.54) is 6.07 Å². The second-order valence-electron chi connectivity index (χ2n) is 3.17. The monoisotopic (exact) mass is 299 g/mol. The average Bonchev–Trinajstić information content (AvgIpc) is 2.68. The van der Waals surface area contributed by atoms with Crippen molar-refractivity contribution in [2.45, 2.75) is 0 Å². The molecule has 0 bridgehead atoms. The van der Waals surface area contributed by atoms with Crippen LogP contribution >= 0.6 is 27.5 Å². The van der Waals surface area contributed by atoms with Crippen LogP contribution in [0.15, 0.2) is 39.4 Å². The van der Waals surface area contributed by atoms with Crippen LogP contribution in [0.5, 0.6) is 0 Å². The Balaban J connectivity index is 2.38. The highest BCUT2D eigenvalue weighted by Crippen LogP contribution is 2.23. The number of benzene rings is 1. The van der Waals surface area contributed by atoms with Crippen molar-refractivity contribution in [3.05, 3.63) is 51.3 Å². The van der Waals surface area contributed by atoms with Crippen LogP contribution in [0.4, 0.5) is 5.69 Å². The summed E-state index contributed by atoms with van der Waals surface area (Å²) in [6.07, 6.45) is 0. The molecule has 0 atom stereocenters. The van der Waals surface area contributed by atoms with E-state index in [2.05, 4.69) is 15.9 Å². The lowest BCUT2D eigenvalue weighted by molar-refractivity contribution is 0.101. The van der Waals surface area contributed by atoms with Crippen molar-refractivity contribution in [1.82, 2.24) is 0 Å². The molecule has 0 radical (unpaired) electrons. The largest absolute Gasteiger partial charge is 0.446 e. The molecule has 0 saturated heterocycles. The molecule has 1 aromatic heterocycles. The minimum absolute atomic E-state index is 0.229. The van der Waals surface area contributed by atoms with Gasteiger partial charge in [-0.1, -0.05) is 11.6 Å². The highest BCUT2D eigenvalue weighted by molar-refractivity contribution is 9.10. The zero-order chi connectivity index (χ0) is 11.7. The van der Waals surface area contributed by atoms with Gasteiger partial charge in [0.05, 0.1) is 10.7 Å². The zero-order valence-corrected chi connectivity index (χ0v) is 10.4. The summed E-state index contributed by atoms with van der Waals surface area (Å²) >= 11 is 8.97. The summed E-state index contributed by atoms with van der Waals surface area (Å²) < 4.78 is 5.67. The maximum absolute atomic E-state index is 11.9. The van der Waals surface area contributed by atoms with Crippen LogP contribution in [0.3, 0.4) is 0 Å². The van der Waals surface area contributed by atoms with Gasteiger partial charge >= 0.3 is 0 Å². The van der Waals surface area contributed by atoms with Gasteiger partial charge in [-0.05, 0) is 46.3 Å². The van der Waals surface area contributed by atoms with Crippen molar-refractivity contribution >= 4 is 39.0 Å². The number of anilines is 1. The summed E-state index contributed by atoms with van der Waals surface area (Å²) in [5.74, 6) is 0.0281. The molecule has 16 heavy (non-hydrogen) atoms. The number of halogens is 2. The van der Waals surface area contributed by atoms with E-state index in [1.807, 2.05) is 0 Å². The van der Waals surface area contributed by atoms with Gasteiger partial charge in [0.1, 0.15) is 0 Å². The number of nitrogens with two attached hydrogens (primary N) is 1. The molecule has 0 spiro atoms. The van der Waals surface area contributed by atoms with Crippen LogP contribution in [0.1, 0.15) is 16.1 Å². The molecular weight excluding hydrogens is 293 g/mol. The van der Waals surface area contributed by atoms with Crippen molar-refractivity contribution in [1.29, 1.82) is 0 Å². The van der Waals surface area contributed by atoms with E-state index >= 15 is 0 Å². The summed E-state index contributed by atoms with van der Waals surface area (Å²) in [5, 5.41) is 0.358. The van der Waals surface area contributed by atoms with Crippen LogP contribution in [0.25, 0.3) is 0 Å². The SMILES string of the molecule is Nc1ccc(C(=O)c2ccc(Br)o2)cc1Cl. The lowest BCUT2D eigenvalue weighted by Crippen LogP contribution is -2.00. The molecule has 5 heteroatoms. The number of carbonyl (C=O) groups is 1. The summed E-state index contributed by atoms with van der Waals surface area (Å²) in [6.45, 7) is 0. The van der Waals surface area contributed by atoms with Gasteiger partial charge in [0, 0.05) is 5.56 Å². The summed E-state index contributed by atoms with van der Waals surface area (Å²) in [4.78, 5) is 11.9. The highest BCUT2D eigenvalue weighted by atomic mass is 79.9. The van der Waals surface area contributed by atoms with E-state index in [1.54, 1.807) is 24.3 Å².